The Balaban J connectivity index is 3.76. The lowest BCUT2D eigenvalue weighted by atomic mass is 9.89. The van der Waals surface area contributed by atoms with Crippen LogP contribution in [0.3, 0.4) is 0 Å². The molecule has 0 rings (SSSR count). The lowest BCUT2D eigenvalue weighted by Crippen LogP contribution is -2.38. The molecule has 142 valence electrons. The number of rotatable bonds is 12. The first-order valence-electron chi connectivity index (χ1n) is 9.32. The zero-order valence-corrected chi connectivity index (χ0v) is 16.9. The molecule has 0 aromatic carbocycles. The number of nitrogens with zero attached hydrogens (tertiary/aromatic N) is 1. The van der Waals surface area contributed by atoms with Crippen molar-refractivity contribution in [2.24, 2.45) is 10.8 Å². The van der Waals surface area contributed by atoms with Gasteiger partial charge in [-0.25, -0.2) is 0 Å². The van der Waals surface area contributed by atoms with Gasteiger partial charge in [0, 0.05) is 23.9 Å². The summed E-state index contributed by atoms with van der Waals surface area (Å²) < 4.78 is 0. The van der Waals surface area contributed by atoms with E-state index >= 15 is 0 Å². The molecule has 0 aromatic heterocycles. The second-order valence-electron chi connectivity index (χ2n) is 8.00. The Morgan fingerprint density at radius 1 is 0.792 bits per heavy atom. The third kappa shape index (κ3) is 8.67. The maximum atomic E-state index is 12.0. The van der Waals surface area contributed by atoms with Crippen LogP contribution in [-0.4, -0.2) is 49.9 Å². The summed E-state index contributed by atoms with van der Waals surface area (Å²) >= 11 is 0. The Bertz CT molecular complexity index is 356. The highest BCUT2D eigenvalue weighted by molar-refractivity contribution is 5.82. The summed E-state index contributed by atoms with van der Waals surface area (Å²) in [6.45, 7) is 15.3. The van der Waals surface area contributed by atoms with Gasteiger partial charge in [-0.15, -0.1) is 0 Å². The molecule has 0 bridgehead atoms. The second kappa shape index (κ2) is 10.7. The number of amides is 2. The molecule has 0 spiro atoms. The van der Waals surface area contributed by atoms with Crippen molar-refractivity contribution in [3.05, 3.63) is 0 Å². The monoisotopic (exact) mass is 341 g/mol. The van der Waals surface area contributed by atoms with Crippen LogP contribution in [0.15, 0.2) is 0 Å². The van der Waals surface area contributed by atoms with E-state index in [4.69, 9.17) is 0 Å². The van der Waals surface area contributed by atoms with Gasteiger partial charge in [-0.05, 0) is 45.8 Å². The van der Waals surface area contributed by atoms with Gasteiger partial charge in [0.1, 0.15) is 0 Å². The SMILES string of the molecule is CCC(C)(C)C(=O)NCCCN(C)CCCNC(=O)C(C)(C)CC. The molecule has 0 atom stereocenters. The molecule has 0 heterocycles. The van der Waals surface area contributed by atoms with Crippen molar-refractivity contribution in [1.29, 1.82) is 0 Å². The summed E-state index contributed by atoms with van der Waals surface area (Å²) in [5, 5.41) is 6.02. The number of nitrogens with one attached hydrogen (secondary N) is 2. The van der Waals surface area contributed by atoms with E-state index in [9.17, 15) is 9.59 Å². The van der Waals surface area contributed by atoms with Crippen molar-refractivity contribution in [3.63, 3.8) is 0 Å². The highest BCUT2D eigenvalue weighted by atomic mass is 16.2. The normalized spacial score (nSPS) is 12.3. The van der Waals surface area contributed by atoms with E-state index in [1.54, 1.807) is 0 Å². The van der Waals surface area contributed by atoms with Crippen LogP contribution in [0, 0.1) is 10.8 Å². The predicted molar refractivity (Wildman–Crippen MR) is 101 cm³/mol. The van der Waals surface area contributed by atoms with Crippen molar-refractivity contribution < 1.29 is 9.59 Å². The van der Waals surface area contributed by atoms with E-state index in [2.05, 4.69) is 22.6 Å². The average Bonchev–Trinajstić information content (AvgIpc) is 2.54. The minimum Gasteiger partial charge on any atom is -0.356 e. The number of hydrogen-bond acceptors (Lipinski definition) is 3. The van der Waals surface area contributed by atoms with E-state index in [0.29, 0.717) is 13.1 Å². The van der Waals surface area contributed by atoms with Gasteiger partial charge >= 0.3 is 0 Å². The second-order valence-corrected chi connectivity index (χ2v) is 8.00. The average molecular weight is 342 g/mol. The van der Waals surface area contributed by atoms with Crippen LogP contribution >= 0.6 is 0 Å². The summed E-state index contributed by atoms with van der Waals surface area (Å²) in [6, 6.07) is 0. The van der Waals surface area contributed by atoms with E-state index in [1.807, 2.05) is 41.5 Å². The molecule has 0 saturated heterocycles. The zero-order chi connectivity index (χ0) is 18.8. The van der Waals surface area contributed by atoms with Gasteiger partial charge in [0.25, 0.3) is 0 Å². The molecule has 0 aromatic rings. The summed E-state index contributed by atoms with van der Waals surface area (Å²) in [5.74, 6) is 0.266. The largest absolute Gasteiger partial charge is 0.356 e. The third-order valence-electron chi connectivity index (χ3n) is 5.00. The van der Waals surface area contributed by atoms with E-state index in [-0.39, 0.29) is 22.6 Å². The Hall–Kier alpha value is -1.10. The van der Waals surface area contributed by atoms with Gasteiger partial charge in [-0.1, -0.05) is 41.5 Å². The minimum atomic E-state index is -0.281. The predicted octanol–water partition coefficient (Wildman–Crippen LogP) is 2.80. The third-order valence-corrected chi connectivity index (χ3v) is 5.00. The fourth-order valence-electron chi connectivity index (χ4n) is 2.01. The van der Waals surface area contributed by atoms with Gasteiger partial charge < -0.3 is 15.5 Å². The highest BCUT2D eigenvalue weighted by Crippen LogP contribution is 2.19. The first-order valence-corrected chi connectivity index (χ1v) is 9.32. The molecule has 0 saturated carbocycles. The highest BCUT2D eigenvalue weighted by Gasteiger charge is 2.25. The molecule has 0 aliphatic carbocycles. The van der Waals surface area contributed by atoms with Crippen LogP contribution in [0.25, 0.3) is 0 Å². The first kappa shape index (κ1) is 22.9. The quantitative estimate of drug-likeness (QED) is 0.537. The lowest BCUT2D eigenvalue weighted by Gasteiger charge is -2.23. The van der Waals surface area contributed by atoms with Crippen molar-refractivity contribution in [1.82, 2.24) is 15.5 Å². The Morgan fingerprint density at radius 3 is 1.42 bits per heavy atom. The van der Waals surface area contributed by atoms with Crippen LogP contribution in [-0.2, 0) is 9.59 Å². The molecule has 5 nitrogen and oxygen atoms in total. The van der Waals surface area contributed by atoms with Crippen LogP contribution in [0.4, 0.5) is 0 Å². The zero-order valence-electron chi connectivity index (χ0n) is 16.9. The van der Waals surface area contributed by atoms with Crippen molar-refractivity contribution in [3.8, 4) is 0 Å². The van der Waals surface area contributed by atoms with Gasteiger partial charge in [-0.2, -0.15) is 0 Å². The van der Waals surface area contributed by atoms with Crippen LogP contribution in [0.2, 0.25) is 0 Å². The van der Waals surface area contributed by atoms with Gasteiger partial charge in [0.15, 0.2) is 0 Å². The van der Waals surface area contributed by atoms with Crippen LogP contribution < -0.4 is 10.6 Å². The fourth-order valence-corrected chi connectivity index (χ4v) is 2.01. The maximum absolute atomic E-state index is 12.0. The summed E-state index contributed by atoms with van der Waals surface area (Å²) in [5.41, 5.74) is -0.563. The van der Waals surface area contributed by atoms with Crippen molar-refractivity contribution in [2.45, 2.75) is 67.2 Å². The summed E-state index contributed by atoms with van der Waals surface area (Å²) in [7, 11) is 2.08. The molecule has 24 heavy (non-hydrogen) atoms. The minimum absolute atomic E-state index is 0.133. The summed E-state index contributed by atoms with van der Waals surface area (Å²) in [4.78, 5) is 26.2. The van der Waals surface area contributed by atoms with Crippen molar-refractivity contribution in [2.75, 3.05) is 33.2 Å². The molecule has 0 aliphatic heterocycles. The molecule has 0 fully saturated rings. The molecule has 2 N–H and O–H groups in total. The van der Waals surface area contributed by atoms with Crippen LogP contribution in [0.5, 0.6) is 0 Å². The molecule has 0 aliphatic rings. The number of carbonyl (C=O) groups is 2. The smallest absolute Gasteiger partial charge is 0.225 e. The molecular formula is C19H39N3O2. The Kier molecular flexibility index (Phi) is 10.2. The first-order chi connectivity index (χ1) is 11.1. The molecular weight excluding hydrogens is 302 g/mol. The fraction of sp³-hybridized carbons (Fsp3) is 0.895. The number of hydrogen-bond donors (Lipinski definition) is 2. The Morgan fingerprint density at radius 2 is 1.12 bits per heavy atom. The van der Waals surface area contributed by atoms with Gasteiger partial charge in [0.2, 0.25) is 11.8 Å². The van der Waals surface area contributed by atoms with Crippen LogP contribution in [0.1, 0.15) is 67.2 Å². The summed E-state index contributed by atoms with van der Waals surface area (Å²) in [6.07, 6.45) is 3.58. The Labute approximate surface area is 148 Å². The lowest BCUT2D eigenvalue weighted by molar-refractivity contribution is -0.130. The molecule has 2 amide bonds. The van der Waals surface area contributed by atoms with Gasteiger partial charge in [0.05, 0.1) is 0 Å². The molecule has 0 radical (unpaired) electrons. The standard InChI is InChI=1S/C19H39N3O2/c1-8-18(3,4)16(23)20-12-10-14-22(7)15-11-13-21-17(24)19(5,6)9-2/h8-15H2,1-7H3,(H,20,23)(H,21,24). The van der Waals surface area contributed by atoms with E-state index < -0.39 is 0 Å². The maximum Gasteiger partial charge on any atom is 0.225 e. The number of carbonyl (C=O) groups excluding carboxylic acids is 2. The molecule has 0 unspecified atom stereocenters. The van der Waals surface area contributed by atoms with Crippen molar-refractivity contribution >= 4 is 11.8 Å². The molecule has 5 heteroatoms. The van der Waals surface area contributed by atoms with Gasteiger partial charge in [-0.3, -0.25) is 9.59 Å². The van der Waals surface area contributed by atoms with E-state index in [1.165, 1.54) is 0 Å². The van der Waals surface area contributed by atoms with E-state index in [0.717, 1.165) is 38.8 Å². The topological polar surface area (TPSA) is 61.4 Å².